The van der Waals surface area contributed by atoms with Gasteiger partial charge in [-0.25, -0.2) is 12.8 Å². The lowest BCUT2D eigenvalue weighted by Gasteiger charge is -2.15. The number of nitrogens with zero attached hydrogens (tertiary/aromatic N) is 1. The van der Waals surface area contributed by atoms with Gasteiger partial charge in [0.05, 0.1) is 4.90 Å². The van der Waals surface area contributed by atoms with Crippen LogP contribution in [-0.4, -0.2) is 8.42 Å². The van der Waals surface area contributed by atoms with Gasteiger partial charge in [-0.1, -0.05) is 41.9 Å². The molecule has 0 bridgehead atoms. The third-order valence-electron chi connectivity index (χ3n) is 4.82. The number of aryl methyl sites for hydroxylation is 2. The zero-order valence-electron chi connectivity index (χ0n) is 17.4. The van der Waals surface area contributed by atoms with E-state index in [1.54, 1.807) is 30.3 Å². The summed E-state index contributed by atoms with van der Waals surface area (Å²) in [5.41, 5.74) is 2.92. The molecular formula is C24H20ClFN2O2S2. The van der Waals surface area contributed by atoms with Crippen LogP contribution in [0.25, 0.3) is 0 Å². The minimum absolute atomic E-state index is 0.000427. The first-order valence-electron chi connectivity index (χ1n) is 9.58. The molecule has 3 aromatic rings. The van der Waals surface area contributed by atoms with Crippen LogP contribution in [0.5, 0.6) is 0 Å². The number of hydrogen-bond acceptors (Lipinski definition) is 5. The fourth-order valence-electron chi connectivity index (χ4n) is 2.87. The Balaban J connectivity index is 2.09. The number of sulfone groups is 1. The van der Waals surface area contributed by atoms with Crippen molar-refractivity contribution in [2.45, 2.75) is 24.5 Å². The van der Waals surface area contributed by atoms with E-state index in [-0.39, 0.29) is 26.3 Å². The van der Waals surface area contributed by atoms with Crippen LogP contribution in [-0.2, 0) is 15.6 Å². The van der Waals surface area contributed by atoms with E-state index in [4.69, 9.17) is 11.6 Å². The number of allylic oxidation sites excluding steroid dienone is 1. The highest BCUT2D eigenvalue weighted by Gasteiger charge is 2.26. The molecule has 0 heterocycles. The third-order valence-corrected chi connectivity index (χ3v) is 8.05. The van der Waals surface area contributed by atoms with Crippen LogP contribution >= 0.6 is 23.4 Å². The summed E-state index contributed by atoms with van der Waals surface area (Å²) in [5.74, 6) is -0.464. The number of nitrogens with one attached hydrogen (secondary N) is 1. The topological polar surface area (TPSA) is 70.0 Å². The van der Waals surface area contributed by atoms with Crippen molar-refractivity contribution in [1.82, 2.24) is 0 Å². The van der Waals surface area contributed by atoms with Crippen LogP contribution in [0.2, 0.25) is 5.02 Å². The summed E-state index contributed by atoms with van der Waals surface area (Å²) in [6.45, 7) is 3.90. The fourth-order valence-corrected chi connectivity index (χ4v) is 5.80. The van der Waals surface area contributed by atoms with Gasteiger partial charge in [0.2, 0.25) is 9.84 Å². The van der Waals surface area contributed by atoms with E-state index in [1.165, 1.54) is 24.3 Å². The molecule has 0 radical (unpaired) electrons. The molecule has 0 atom stereocenters. The van der Waals surface area contributed by atoms with Gasteiger partial charge >= 0.3 is 0 Å². The summed E-state index contributed by atoms with van der Waals surface area (Å²) in [7, 11) is -4.10. The van der Waals surface area contributed by atoms with E-state index >= 15 is 0 Å². The van der Waals surface area contributed by atoms with Crippen molar-refractivity contribution in [3.63, 3.8) is 0 Å². The quantitative estimate of drug-likeness (QED) is 0.380. The molecule has 0 amide bonds. The normalized spacial score (nSPS) is 12.1. The van der Waals surface area contributed by atoms with Crippen LogP contribution in [0.3, 0.4) is 0 Å². The Morgan fingerprint density at radius 1 is 1.06 bits per heavy atom. The predicted molar refractivity (Wildman–Crippen MR) is 129 cm³/mol. The molecule has 0 aromatic heterocycles. The molecule has 0 aliphatic rings. The molecule has 0 unspecified atom stereocenters. The molecular weight excluding hydrogens is 467 g/mol. The first-order valence-corrected chi connectivity index (χ1v) is 12.4. The Morgan fingerprint density at radius 2 is 1.78 bits per heavy atom. The highest BCUT2D eigenvalue weighted by Crippen LogP contribution is 2.33. The Kier molecular flexibility index (Phi) is 7.62. The maximum Gasteiger partial charge on any atom is 0.219 e. The Morgan fingerprint density at radius 3 is 2.41 bits per heavy atom. The van der Waals surface area contributed by atoms with Gasteiger partial charge in [-0.15, -0.1) is 11.8 Å². The molecule has 0 aliphatic heterocycles. The first kappa shape index (κ1) is 23.9. The van der Waals surface area contributed by atoms with Gasteiger partial charge in [0.25, 0.3) is 0 Å². The highest BCUT2D eigenvalue weighted by atomic mass is 35.5. The zero-order valence-corrected chi connectivity index (χ0v) is 19.8. The Labute approximate surface area is 196 Å². The summed E-state index contributed by atoms with van der Waals surface area (Å²) < 4.78 is 40.7. The second kappa shape index (κ2) is 10.2. The standard InChI is InChI=1S/C24H20ClFN2O2S2/c1-16-11-12-18(13-17(16)2)28-24(31-15-20-21(25)9-6-10-22(20)26)23(14-27)32(29,30)19-7-4-3-5-8-19/h3-13,28H,15H2,1-2H3/b24-23+. The smallest absolute Gasteiger partial charge is 0.219 e. The van der Waals surface area contributed by atoms with Crippen molar-refractivity contribution in [3.05, 3.63) is 104 Å². The minimum Gasteiger partial charge on any atom is -0.349 e. The summed E-state index contributed by atoms with van der Waals surface area (Å²) in [6.07, 6.45) is 0. The maximum absolute atomic E-state index is 14.3. The highest BCUT2D eigenvalue weighted by molar-refractivity contribution is 8.04. The van der Waals surface area contributed by atoms with Crippen LogP contribution in [0, 0.1) is 31.0 Å². The Hall–Kier alpha value is -2.79. The number of benzene rings is 3. The SMILES string of the molecule is Cc1ccc(N/C(SCc2c(F)cccc2Cl)=C(/C#N)S(=O)(=O)c2ccccc2)cc1C. The van der Waals surface area contributed by atoms with Gasteiger partial charge < -0.3 is 5.32 Å². The maximum atomic E-state index is 14.3. The third kappa shape index (κ3) is 5.33. The number of rotatable bonds is 7. The van der Waals surface area contributed by atoms with Gasteiger partial charge in [-0.3, -0.25) is 0 Å². The second-order valence-electron chi connectivity index (χ2n) is 7.00. The number of nitriles is 1. The molecule has 0 spiro atoms. The van der Waals surface area contributed by atoms with Gasteiger partial charge in [0.1, 0.15) is 16.9 Å². The van der Waals surface area contributed by atoms with E-state index in [0.29, 0.717) is 5.69 Å². The van der Waals surface area contributed by atoms with Gasteiger partial charge in [0, 0.05) is 22.0 Å². The first-order chi connectivity index (χ1) is 15.2. The van der Waals surface area contributed by atoms with Crippen molar-refractivity contribution in [1.29, 1.82) is 5.26 Å². The number of hydrogen-bond donors (Lipinski definition) is 1. The van der Waals surface area contributed by atoms with Crippen molar-refractivity contribution in [3.8, 4) is 6.07 Å². The molecule has 3 rings (SSSR count). The van der Waals surface area contributed by atoms with Crippen LogP contribution < -0.4 is 5.32 Å². The molecule has 0 fully saturated rings. The van der Waals surface area contributed by atoms with Crippen molar-refractivity contribution in [2.24, 2.45) is 0 Å². The summed E-state index contributed by atoms with van der Waals surface area (Å²) in [5, 5.41) is 13.2. The molecule has 4 nitrogen and oxygen atoms in total. The molecule has 1 N–H and O–H groups in total. The van der Waals surface area contributed by atoms with E-state index in [2.05, 4.69) is 5.32 Å². The van der Waals surface area contributed by atoms with Gasteiger partial charge in [-0.2, -0.15) is 5.26 Å². The average molecular weight is 487 g/mol. The number of anilines is 1. The van der Waals surface area contributed by atoms with Crippen LogP contribution in [0.15, 0.2) is 81.6 Å². The van der Waals surface area contributed by atoms with Gasteiger partial charge in [-0.05, 0) is 61.4 Å². The largest absolute Gasteiger partial charge is 0.349 e. The minimum atomic E-state index is -4.10. The lowest BCUT2D eigenvalue weighted by molar-refractivity contribution is 0.603. The molecule has 0 aliphatic carbocycles. The molecule has 32 heavy (non-hydrogen) atoms. The van der Waals surface area contributed by atoms with Crippen molar-refractivity contribution < 1.29 is 12.8 Å². The predicted octanol–water partition coefficient (Wildman–Crippen LogP) is 6.61. The van der Waals surface area contributed by atoms with E-state index in [0.717, 1.165) is 22.9 Å². The summed E-state index contributed by atoms with van der Waals surface area (Å²) >= 11 is 7.14. The van der Waals surface area contributed by atoms with Crippen molar-refractivity contribution >= 4 is 38.9 Å². The monoisotopic (exact) mass is 486 g/mol. The lowest BCUT2D eigenvalue weighted by atomic mass is 10.1. The van der Waals surface area contributed by atoms with Gasteiger partial charge in [0.15, 0.2) is 4.91 Å². The van der Waals surface area contributed by atoms with E-state index in [1.807, 2.05) is 32.0 Å². The summed E-state index contributed by atoms with van der Waals surface area (Å²) in [4.78, 5) is -0.445. The van der Waals surface area contributed by atoms with Crippen LogP contribution in [0.1, 0.15) is 16.7 Å². The van der Waals surface area contributed by atoms with Crippen LogP contribution in [0.4, 0.5) is 10.1 Å². The molecule has 0 saturated carbocycles. The van der Waals surface area contributed by atoms with E-state index < -0.39 is 20.6 Å². The number of halogens is 2. The van der Waals surface area contributed by atoms with E-state index in [9.17, 15) is 18.1 Å². The number of thioether (sulfide) groups is 1. The molecule has 8 heteroatoms. The second-order valence-corrected chi connectivity index (χ2v) is 10.3. The lowest BCUT2D eigenvalue weighted by Crippen LogP contribution is -2.10. The summed E-state index contributed by atoms with van der Waals surface area (Å²) in [6, 6.07) is 19.5. The Bertz CT molecular complexity index is 1300. The average Bonchev–Trinajstić information content (AvgIpc) is 2.76. The molecule has 164 valence electrons. The zero-order chi connectivity index (χ0) is 23.3. The molecule has 0 saturated heterocycles. The molecule has 3 aromatic carbocycles. The fraction of sp³-hybridized carbons (Fsp3) is 0.125. The van der Waals surface area contributed by atoms with Crippen molar-refractivity contribution in [2.75, 3.05) is 5.32 Å².